The third-order valence-corrected chi connectivity index (χ3v) is 3.29. The van der Waals surface area contributed by atoms with Gasteiger partial charge >= 0.3 is 0 Å². The fraction of sp³-hybridized carbons (Fsp3) is 0.833. The van der Waals surface area contributed by atoms with Crippen LogP contribution < -0.4 is 0 Å². The van der Waals surface area contributed by atoms with E-state index in [0.29, 0.717) is 6.10 Å². The van der Waals surface area contributed by atoms with E-state index in [1.54, 1.807) is 0 Å². The van der Waals surface area contributed by atoms with Crippen molar-refractivity contribution in [2.24, 2.45) is 0 Å². The van der Waals surface area contributed by atoms with Gasteiger partial charge in [-0.1, -0.05) is 6.08 Å². The lowest BCUT2D eigenvalue weighted by Crippen LogP contribution is -2.14. The zero-order valence-electron chi connectivity index (χ0n) is 8.74. The molecule has 2 unspecified atom stereocenters. The summed E-state index contributed by atoms with van der Waals surface area (Å²) in [6.07, 6.45) is 10.2. The van der Waals surface area contributed by atoms with E-state index in [2.05, 4.69) is 6.08 Å². The number of aliphatic hydroxyl groups is 1. The Morgan fingerprint density at radius 3 is 3.07 bits per heavy atom. The lowest BCUT2D eigenvalue weighted by molar-refractivity contribution is 0.0877. The standard InChI is InChI=1S/C12H20O2/c13-12(10-4-1-2-5-10)8-7-11-6-3-9-14-11/h4,11-13H,1-3,5-9H2. The van der Waals surface area contributed by atoms with Crippen molar-refractivity contribution in [3.63, 3.8) is 0 Å². The summed E-state index contributed by atoms with van der Waals surface area (Å²) in [6, 6.07) is 0. The summed E-state index contributed by atoms with van der Waals surface area (Å²) in [5, 5.41) is 9.89. The molecule has 1 aliphatic heterocycles. The number of rotatable bonds is 4. The quantitative estimate of drug-likeness (QED) is 0.700. The molecule has 14 heavy (non-hydrogen) atoms. The molecule has 1 aliphatic carbocycles. The van der Waals surface area contributed by atoms with Crippen molar-refractivity contribution in [3.8, 4) is 0 Å². The number of hydrogen-bond acceptors (Lipinski definition) is 2. The van der Waals surface area contributed by atoms with Crippen molar-refractivity contribution in [2.75, 3.05) is 6.61 Å². The Morgan fingerprint density at radius 2 is 2.43 bits per heavy atom. The lowest BCUT2D eigenvalue weighted by atomic mass is 10.0. The molecule has 0 aromatic rings. The normalized spacial score (nSPS) is 29.2. The first-order chi connectivity index (χ1) is 6.86. The van der Waals surface area contributed by atoms with Crippen LogP contribution in [0.25, 0.3) is 0 Å². The Bertz CT molecular complexity index is 204. The summed E-state index contributed by atoms with van der Waals surface area (Å²) in [5.41, 5.74) is 1.27. The van der Waals surface area contributed by atoms with Crippen LogP contribution in [-0.4, -0.2) is 23.9 Å². The Labute approximate surface area is 86.0 Å². The molecule has 2 aliphatic rings. The van der Waals surface area contributed by atoms with Crippen LogP contribution in [0.4, 0.5) is 0 Å². The highest BCUT2D eigenvalue weighted by Gasteiger charge is 2.19. The summed E-state index contributed by atoms with van der Waals surface area (Å²) >= 11 is 0. The molecule has 0 amide bonds. The summed E-state index contributed by atoms with van der Waals surface area (Å²) in [4.78, 5) is 0. The highest BCUT2D eigenvalue weighted by Crippen LogP contribution is 2.25. The minimum atomic E-state index is -0.193. The molecule has 2 atom stereocenters. The van der Waals surface area contributed by atoms with Gasteiger partial charge in [0.1, 0.15) is 0 Å². The second kappa shape index (κ2) is 4.94. The van der Waals surface area contributed by atoms with E-state index in [-0.39, 0.29) is 6.10 Å². The molecule has 2 rings (SSSR count). The molecule has 0 bridgehead atoms. The van der Waals surface area contributed by atoms with E-state index < -0.39 is 0 Å². The summed E-state index contributed by atoms with van der Waals surface area (Å²) in [7, 11) is 0. The van der Waals surface area contributed by atoms with Gasteiger partial charge in [-0.25, -0.2) is 0 Å². The number of aliphatic hydroxyl groups excluding tert-OH is 1. The van der Waals surface area contributed by atoms with E-state index in [0.717, 1.165) is 32.3 Å². The Balaban J connectivity index is 1.68. The molecule has 2 nitrogen and oxygen atoms in total. The van der Waals surface area contributed by atoms with Gasteiger partial charge < -0.3 is 9.84 Å². The smallest absolute Gasteiger partial charge is 0.0751 e. The fourth-order valence-corrected chi connectivity index (χ4v) is 2.40. The zero-order valence-corrected chi connectivity index (χ0v) is 8.74. The van der Waals surface area contributed by atoms with E-state index in [4.69, 9.17) is 4.74 Å². The summed E-state index contributed by atoms with van der Waals surface area (Å²) < 4.78 is 5.54. The number of hydrogen-bond donors (Lipinski definition) is 1. The molecule has 0 radical (unpaired) electrons. The van der Waals surface area contributed by atoms with Gasteiger partial charge in [-0.05, 0) is 50.5 Å². The maximum atomic E-state index is 9.89. The lowest BCUT2D eigenvalue weighted by Gasteiger charge is -2.14. The molecule has 80 valence electrons. The maximum absolute atomic E-state index is 9.89. The molecule has 0 aromatic carbocycles. The predicted molar refractivity (Wildman–Crippen MR) is 56.1 cm³/mol. The minimum absolute atomic E-state index is 0.193. The fourth-order valence-electron chi connectivity index (χ4n) is 2.40. The Hall–Kier alpha value is -0.340. The molecule has 2 heteroatoms. The average Bonchev–Trinajstić information content (AvgIpc) is 2.87. The monoisotopic (exact) mass is 196 g/mol. The number of allylic oxidation sites excluding steroid dienone is 1. The molecule has 0 aromatic heterocycles. The molecule has 1 heterocycles. The van der Waals surface area contributed by atoms with Gasteiger partial charge in [-0.2, -0.15) is 0 Å². The van der Waals surface area contributed by atoms with Gasteiger partial charge in [0.05, 0.1) is 12.2 Å². The SMILES string of the molecule is OC(CCC1CCCO1)C1=CCCC1. The topological polar surface area (TPSA) is 29.5 Å². The Morgan fingerprint density at radius 1 is 1.50 bits per heavy atom. The predicted octanol–water partition coefficient (Wildman–Crippen LogP) is 2.42. The first-order valence-electron chi connectivity index (χ1n) is 5.85. The second-order valence-corrected chi connectivity index (χ2v) is 4.40. The third kappa shape index (κ3) is 2.58. The van der Waals surface area contributed by atoms with Crippen LogP contribution in [0.5, 0.6) is 0 Å². The van der Waals surface area contributed by atoms with Crippen LogP contribution >= 0.6 is 0 Å². The molecular weight excluding hydrogens is 176 g/mol. The zero-order chi connectivity index (χ0) is 9.80. The van der Waals surface area contributed by atoms with Crippen molar-refractivity contribution in [1.82, 2.24) is 0 Å². The molecule has 1 saturated heterocycles. The van der Waals surface area contributed by atoms with Crippen LogP contribution in [0.15, 0.2) is 11.6 Å². The van der Waals surface area contributed by atoms with Gasteiger partial charge in [0.2, 0.25) is 0 Å². The van der Waals surface area contributed by atoms with E-state index in [1.165, 1.54) is 24.8 Å². The van der Waals surface area contributed by atoms with Crippen LogP contribution in [0.3, 0.4) is 0 Å². The van der Waals surface area contributed by atoms with Crippen molar-refractivity contribution >= 4 is 0 Å². The summed E-state index contributed by atoms with van der Waals surface area (Å²) in [5.74, 6) is 0. The highest BCUT2D eigenvalue weighted by molar-refractivity contribution is 5.12. The molecule has 1 N–H and O–H groups in total. The van der Waals surface area contributed by atoms with Crippen molar-refractivity contribution in [1.29, 1.82) is 0 Å². The van der Waals surface area contributed by atoms with E-state index >= 15 is 0 Å². The van der Waals surface area contributed by atoms with Gasteiger partial charge in [0, 0.05) is 6.61 Å². The number of ether oxygens (including phenoxy) is 1. The largest absolute Gasteiger partial charge is 0.389 e. The van der Waals surface area contributed by atoms with Crippen LogP contribution in [0.1, 0.15) is 44.9 Å². The van der Waals surface area contributed by atoms with Gasteiger partial charge in [0.15, 0.2) is 0 Å². The molecule has 0 spiro atoms. The van der Waals surface area contributed by atoms with E-state index in [1.807, 2.05) is 0 Å². The molecule has 0 saturated carbocycles. The second-order valence-electron chi connectivity index (χ2n) is 4.40. The minimum Gasteiger partial charge on any atom is -0.389 e. The average molecular weight is 196 g/mol. The van der Waals surface area contributed by atoms with Crippen molar-refractivity contribution in [3.05, 3.63) is 11.6 Å². The van der Waals surface area contributed by atoms with Crippen LogP contribution in [0, 0.1) is 0 Å². The highest BCUT2D eigenvalue weighted by atomic mass is 16.5. The van der Waals surface area contributed by atoms with Crippen molar-refractivity contribution in [2.45, 2.75) is 57.2 Å². The van der Waals surface area contributed by atoms with Gasteiger partial charge in [-0.15, -0.1) is 0 Å². The van der Waals surface area contributed by atoms with E-state index in [9.17, 15) is 5.11 Å². The third-order valence-electron chi connectivity index (χ3n) is 3.29. The van der Waals surface area contributed by atoms with Crippen LogP contribution in [0.2, 0.25) is 0 Å². The molecular formula is C12H20O2. The van der Waals surface area contributed by atoms with Gasteiger partial charge in [0.25, 0.3) is 0 Å². The van der Waals surface area contributed by atoms with Crippen molar-refractivity contribution < 1.29 is 9.84 Å². The van der Waals surface area contributed by atoms with Gasteiger partial charge in [-0.3, -0.25) is 0 Å². The molecule has 1 fully saturated rings. The maximum Gasteiger partial charge on any atom is 0.0751 e. The first-order valence-corrected chi connectivity index (χ1v) is 5.85. The Kier molecular flexibility index (Phi) is 3.60. The van der Waals surface area contributed by atoms with Crippen LogP contribution in [-0.2, 0) is 4.74 Å². The summed E-state index contributed by atoms with van der Waals surface area (Å²) in [6.45, 7) is 0.920. The first kappa shape index (κ1) is 10.2.